The van der Waals surface area contributed by atoms with Crippen molar-refractivity contribution in [2.24, 2.45) is 0 Å². The van der Waals surface area contributed by atoms with E-state index in [4.69, 9.17) is 0 Å². The van der Waals surface area contributed by atoms with E-state index in [-0.39, 0.29) is 12.2 Å². The SMILES string of the molecule is CCNc1nc(CCC(F)(F)F)nc(C)c1Br. The van der Waals surface area contributed by atoms with Gasteiger partial charge >= 0.3 is 6.18 Å². The van der Waals surface area contributed by atoms with E-state index in [1.807, 2.05) is 6.92 Å². The summed E-state index contributed by atoms with van der Waals surface area (Å²) in [6.45, 7) is 4.26. The first-order chi connectivity index (χ1) is 7.83. The molecule has 3 nitrogen and oxygen atoms in total. The van der Waals surface area contributed by atoms with Gasteiger partial charge in [0, 0.05) is 13.0 Å². The maximum atomic E-state index is 12.1. The van der Waals surface area contributed by atoms with Gasteiger partial charge in [-0.2, -0.15) is 13.2 Å². The number of nitrogens with zero attached hydrogens (tertiary/aromatic N) is 2. The summed E-state index contributed by atoms with van der Waals surface area (Å²) in [6, 6.07) is 0. The predicted octanol–water partition coefficient (Wildman–Crippen LogP) is 3.47. The summed E-state index contributed by atoms with van der Waals surface area (Å²) in [6.07, 6.45) is -5.28. The van der Waals surface area contributed by atoms with E-state index in [1.165, 1.54) is 0 Å². The number of nitrogens with one attached hydrogen (secondary N) is 1. The van der Waals surface area contributed by atoms with Crippen molar-refractivity contribution in [1.29, 1.82) is 0 Å². The molecule has 0 aliphatic rings. The molecule has 0 bridgehead atoms. The van der Waals surface area contributed by atoms with Gasteiger partial charge in [-0.25, -0.2) is 9.97 Å². The number of hydrogen-bond acceptors (Lipinski definition) is 3. The van der Waals surface area contributed by atoms with Crippen molar-refractivity contribution in [3.63, 3.8) is 0 Å². The number of hydrogen-bond donors (Lipinski definition) is 1. The summed E-state index contributed by atoms with van der Waals surface area (Å²) in [5.41, 5.74) is 0.633. The first-order valence-corrected chi connectivity index (χ1v) is 5.96. The molecule has 0 atom stereocenters. The fraction of sp³-hybridized carbons (Fsp3) is 0.600. The van der Waals surface area contributed by atoms with Gasteiger partial charge < -0.3 is 5.32 Å². The quantitative estimate of drug-likeness (QED) is 0.925. The Bertz CT molecular complexity index is 393. The molecule has 1 aromatic rings. The topological polar surface area (TPSA) is 37.8 Å². The van der Waals surface area contributed by atoms with Crippen molar-refractivity contribution in [2.45, 2.75) is 32.9 Å². The summed E-state index contributed by atoms with van der Waals surface area (Å²) in [7, 11) is 0. The minimum absolute atomic E-state index is 0.198. The summed E-state index contributed by atoms with van der Waals surface area (Å²) >= 11 is 3.30. The maximum absolute atomic E-state index is 12.1. The Balaban J connectivity index is 2.86. The number of anilines is 1. The highest BCUT2D eigenvalue weighted by Crippen LogP contribution is 2.25. The Morgan fingerprint density at radius 1 is 1.29 bits per heavy atom. The molecular formula is C10H13BrF3N3. The molecule has 96 valence electrons. The maximum Gasteiger partial charge on any atom is 0.389 e. The third-order valence-corrected chi connectivity index (χ3v) is 2.99. The number of halogens is 4. The van der Waals surface area contributed by atoms with Crippen LogP contribution in [0.3, 0.4) is 0 Å². The highest BCUT2D eigenvalue weighted by Gasteiger charge is 2.27. The summed E-state index contributed by atoms with van der Waals surface area (Å²) in [5, 5.41) is 2.97. The Hall–Kier alpha value is -0.850. The number of aryl methyl sites for hydroxylation is 2. The molecule has 0 fully saturated rings. The van der Waals surface area contributed by atoms with Crippen LogP contribution in [-0.4, -0.2) is 22.7 Å². The Labute approximate surface area is 106 Å². The lowest BCUT2D eigenvalue weighted by atomic mass is 10.3. The molecule has 0 unspecified atom stereocenters. The van der Waals surface area contributed by atoms with Crippen molar-refractivity contribution in [2.75, 3.05) is 11.9 Å². The van der Waals surface area contributed by atoms with Crippen molar-refractivity contribution in [3.8, 4) is 0 Å². The Morgan fingerprint density at radius 3 is 2.47 bits per heavy atom. The zero-order valence-electron chi connectivity index (χ0n) is 9.53. The zero-order chi connectivity index (χ0) is 13.1. The van der Waals surface area contributed by atoms with Crippen LogP contribution in [0.25, 0.3) is 0 Å². The van der Waals surface area contributed by atoms with E-state index in [0.717, 1.165) is 0 Å². The standard InChI is InChI=1S/C10H13BrF3N3/c1-3-15-9-8(11)6(2)16-7(17-9)4-5-10(12,13)14/h3-5H2,1-2H3,(H,15,16,17). The summed E-state index contributed by atoms with van der Waals surface area (Å²) < 4.78 is 37.0. The fourth-order valence-corrected chi connectivity index (χ4v) is 1.58. The molecule has 7 heteroatoms. The second-order valence-corrected chi connectivity index (χ2v) is 4.33. The predicted molar refractivity (Wildman–Crippen MR) is 63.0 cm³/mol. The summed E-state index contributed by atoms with van der Waals surface area (Å²) in [5.74, 6) is 0.746. The number of alkyl halides is 3. The Morgan fingerprint density at radius 2 is 1.94 bits per heavy atom. The molecule has 1 N–H and O–H groups in total. The molecule has 0 saturated heterocycles. The highest BCUT2D eigenvalue weighted by molar-refractivity contribution is 9.10. The van der Waals surface area contributed by atoms with Crippen LogP contribution in [0.4, 0.5) is 19.0 Å². The molecule has 0 amide bonds. The lowest BCUT2D eigenvalue weighted by Crippen LogP contribution is -2.12. The monoisotopic (exact) mass is 311 g/mol. The van der Waals surface area contributed by atoms with Gasteiger partial charge in [0.05, 0.1) is 16.6 Å². The average Bonchev–Trinajstić information content (AvgIpc) is 2.21. The second kappa shape index (κ2) is 5.66. The van der Waals surface area contributed by atoms with Gasteiger partial charge in [0.1, 0.15) is 11.6 Å². The Kier molecular flexibility index (Phi) is 4.73. The normalized spacial score (nSPS) is 11.6. The largest absolute Gasteiger partial charge is 0.389 e. The molecule has 0 aliphatic carbocycles. The van der Waals surface area contributed by atoms with Crippen LogP contribution in [-0.2, 0) is 6.42 Å². The van der Waals surface area contributed by atoms with Gasteiger partial charge in [0.2, 0.25) is 0 Å². The fourth-order valence-electron chi connectivity index (χ4n) is 1.27. The van der Waals surface area contributed by atoms with E-state index in [2.05, 4.69) is 31.2 Å². The van der Waals surface area contributed by atoms with Gasteiger partial charge in [-0.05, 0) is 29.8 Å². The number of aromatic nitrogens is 2. The van der Waals surface area contributed by atoms with Gasteiger partial charge in [0.25, 0.3) is 0 Å². The van der Waals surface area contributed by atoms with Gasteiger partial charge in [0.15, 0.2) is 0 Å². The van der Waals surface area contributed by atoms with Crippen molar-refractivity contribution >= 4 is 21.7 Å². The first-order valence-electron chi connectivity index (χ1n) is 5.17. The van der Waals surface area contributed by atoms with Gasteiger partial charge in [-0.1, -0.05) is 0 Å². The minimum atomic E-state index is -4.18. The summed E-state index contributed by atoms with van der Waals surface area (Å²) in [4.78, 5) is 8.08. The van der Waals surface area contributed by atoms with Gasteiger partial charge in [-0.3, -0.25) is 0 Å². The van der Waals surface area contributed by atoms with Crippen LogP contribution >= 0.6 is 15.9 Å². The molecule has 0 radical (unpaired) electrons. The van der Waals surface area contributed by atoms with E-state index in [0.29, 0.717) is 22.5 Å². The highest BCUT2D eigenvalue weighted by atomic mass is 79.9. The molecule has 0 saturated carbocycles. The van der Waals surface area contributed by atoms with E-state index in [1.54, 1.807) is 6.92 Å². The number of rotatable bonds is 4. The zero-order valence-corrected chi connectivity index (χ0v) is 11.1. The van der Waals surface area contributed by atoms with Crippen LogP contribution in [0.15, 0.2) is 4.47 Å². The lowest BCUT2D eigenvalue weighted by molar-refractivity contribution is -0.134. The van der Waals surface area contributed by atoms with Crippen molar-refractivity contribution < 1.29 is 13.2 Å². The molecule has 1 aromatic heterocycles. The lowest BCUT2D eigenvalue weighted by Gasteiger charge is -2.10. The van der Waals surface area contributed by atoms with Crippen LogP contribution in [0, 0.1) is 6.92 Å². The van der Waals surface area contributed by atoms with E-state index < -0.39 is 12.6 Å². The first kappa shape index (κ1) is 14.2. The molecule has 1 rings (SSSR count). The van der Waals surface area contributed by atoms with Crippen LogP contribution in [0.1, 0.15) is 24.9 Å². The van der Waals surface area contributed by atoms with Crippen molar-refractivity contribution in [1.82, 2.24) is 9.97 Å². The molecule has 1 heterocycles. The van der Waals surface area contributed by atoms with Crippen LogP contribution < -0.4 is 5.32 Å². The smallest absolute Gasteiger partial charge is 0.369 e. The van der Waals surface area contributed by atoms with Crippen LogP contribution in [0.5, 0.6) is 0 Å². The van der Waals surface area contributed by atoms with E-state index >= 15 is 0 Å². The molecule has 0 aliphatic heterocycles. The molecule has 0 spiro atoms. The van der Waals surface area contributed by atoms with E-state index in [9.17, 15) is 13.2 Å². The third kappa shape index (κ3) is 4.49. The minimum Gasteiger partial charge on any atom is -0.369 e. The molecule has 0 aromatic carbocycles. The molecular weight excluding hydrogens is 299 g/mol. The van der Waals surface area contributed by atoms with Crippen molar-refractivity contribution in [3.05, 3.63) is 16.0 Å². The average molecular weight is 312 g/mol. The second-order valence-electron chi connectivity index (χ2n) is 3.53. The van der Waals surface area contributed by atoms with Crippen LogP contribution in [0.2, 0.25) is 0 Å². The molecule has 17 heavy (non-hydrogen) atoms. The third-order valence-electron chi connectivity index (χ3n) is 2.04. The van der Waals surface area contributed by atoms with Gasteiger partial charge in [-0.15, -0.1) is 0 Å².